The number of hydrogen-bond donors (Lipinski definition) is 0. The van der Waals surface area contributed by atoms with E-state index in [2.05, 4.69) is 210 Å². The second kappa shape index (κ2) is 13.1. The van der Waals surface area contributed by atoms with Gasteiger partial charge in [0.15, 0.2) is 0 Å². The second-order valence-corrected chi connectivity index (χ2v) is 16.0. The highest BCUT2D eigenvalue weighted by Crippen LogP contribution is 2.47. The molecule has 0 bridgehead atoms. The average molecular weight is 759 g/mol. The highest BCUT2D eigenvalue weighted by molar-refractivity contribution is 7.25. The van der Waals surface area contributed by atoms with E-state index in [4.69, 9.17) is 4.42 Å². The molecule has 0 atom stereocenters. The molecule has 0 amide bonds. The Labute approximate surface area is 338 Å². The summed E-state index contributed by atoms with van der Waals surface area (Å²) in [6.45, 7) is 0. The Kier molecular flexibility index (Phi) is 7.40. The molecule has 0 fully saturated rings. The van der Waals surface area contributed by atoms with Crippen molar-refractivity contribution in [2.45, 2.75) is 0 Å². The van der Waals surface area contributed by atoms with Gasteiger partial charge in [0.1, 0.15) is 11.2 Å². The Morgan fingerprint density at radius 3 is 1.74 bits per heavy atom. The lowest BCUT2D eigenvalue weighted by Gasteiger charge is -2.28. The van der Waals surface area contributed by atoms with E-state index in [-0.39, 0.29) is 0 Å². The predicted octanol–water partition coefficient (Wildman–Crippen LogP) is 15.9. The van der Waals surface area contributed by atoms with Crippen LogP contribution in [0, 0.1) is 0 Å². The molecule has 0 aliphatic heterocycles. The van der Waals surface area contributed by atoms with Gasteiger partial charge in [-0.05, 0) is 102 Å². The summed E-state index contributed by atoms with van der Waals surface area (Å²) in [5, 5.41) is 7.33. The number of thiophene rings is 1. The van der Waals surface area contributed by atoms with Gasteiger partial charge < -0.3 is 13.9 Å². The van der Waals surface area contributed by atoms with Crippen LogP contribution in [-0.4, -0.2) is 4.57 Å². The van der Waals surface area contributed by atoms with Gasteiger partial charge >= 0.3 is 0 Å². The van der Waals surface area contributed by atoms with Crippen molar-refractivity contribution in [2.75, 3.05) is 4.90 Å². The summed E-state index contributed by atoms with van der Waals surface area (Å²) in [6.07, 6.45) is 0. The Balaban J connectivity index is 1.03. The van der Waals surface area contributed by atoms with Crippen LogP contribution in [0.1, 0.15) is 0 Å². The zero-order chi connectivity index (χ0) is 38.2. The minimum absolute atomic E-state index is 0.872. The first-order valence-electron chi connectivity index (χ1n) is 19.7. The molecule has 272 valence electrons. The standard InChI is InChI=1S/C54H34N2OS/c1-2-12-38(13-3-1)55(39-27-22-35(23-28-39)37-26-33-52-46(34-37)44-17-7-11-21-51(44)58-52)49-32-31-45-43-16-6-10-20-50(43)57-54(45)53(49)36-24-29-40(30-25-36)56-47-18-8-4-14-41(47)42-15-5-9-19-48(42)56/h1-34H. The van der Waals surface area contributed by atoms with E-state index in [0.717, 1.165) is 55.8 Å². The minimum Gasteiger partial charge on any atom is -0.455 e. The van der Waals surface area contributed by atoms with Crippen molar-refractivity contribution < 1.29 is 4.42 Å². The number of benzene rings is 9. The lowest BCUT2D eigenvalue weighted by atomic mass is 9.97. The molecule has 3 aromatic heterocycles. The molecule has 3 heterocycles. The molecule has 0 spiro atoms. The molecule has 0 saturated carbocycles. The molecule has 0 aliphatic carbocycles. The summed E-state index contributed by atoms with van der Waals surface area (Å²) in [7, 11) is 0. The van der Waals surface area contributed by atoms with Crippen LogP contribution in [0.25, 0.3) is 91.9 Å². The monoisotopic (exact) mass is 758 g/mol. The van der Waals surface area contributed by atoms with Gasteiger partial charge in [-0.3, -0.25) is 0 Å². The molecule has 58 heavy (non-hydrogen) atoms. The molecular formula is C54H34N2OS. The van der Waals surface area contributed by atoms with Crippen LogP contribution >= 0.6 is 11.3 Å². The van der Waals surface area contributed by atoms with Crippen LogP contribution in [0.5, 0.6) is 0 Å². The third kappa shape index (κ3) is 5.12. The maximum atomic E-state index is 6.82. The molecule has 9 aromatic carbocycles. The molecule has 0 radical (unpaired) electrons. The van der Waals surface area contributed by atoms with Gasteiger partial charge in [-0.1, -0.05) is 121 Å². The topological polar surface area (TPSA) is 21.3 Å². The Morgan fingerprint density at radius 1 is 0.397 bits per heavy atom. The molecule has 0 aliphatic rings. The highest BCUT2D eigenvalue weighted by atomic mass is 32.1. The van der Waals surface area contributed by atoms with Crippen molar-refractivity contribution in [1.82, 2.24) is 4.57 Å². The van der Waals surface area contributed by atoms with Gasteiger partial charge in [0.2, 0.25) is 0 Å². The van der Waals surface area contributed by atoms with Gasteiger partial charge in [-0.25, -0.2) is 0 Å². The zero-order valence-corrected chi connectivity index (χ0v) is 32.2. The van der Waals surface area contributed by atoms with E-state index in [9.17, 15) is 0 Å². The van der Waals surface area contributed by atoms with Crippen LogP contribution < -0.4 is 4.90 Å². The maximum absolute atomic E-state index is 6.82. The number of furan rings is 1. The largest absolute Gasteiger partial charge is 0.455 e. The Hall–Kier alpha value is -7.40. The third-order valence-electron chi connectivity index (χ3n) is 11.6. The first-order chi connectivity index (χ1) is 28.8. The SMILES string of the molecule is c1ccc(N(c2ccc(-c3ccc4sc5ccccc5c4c3)cc2)c2ccc3c(oc4ccccc43)c2-c2ccc(-n3c4ccccc4c4ccccc43)cc2)cc1. The summed E-state index contributed by atoms with van der Waals surface area (Å²) < 4.78 is 11.8. The average Bonchev–Trinajstić information content (AvgIpc) is 3.97. The number of fused-ring (bicyclic) bond motifs is 9. The fourth-order valence-corrected chi connectivity index (χ4v) is 10.0. The third-order valence-corrected chi connectivity index (χ3v) is 12.8. The molecular weight excluding hydrogens is 725 g/mol. The molecule has 0 unspecified atom stereocenters. The van der Waals surface area contributed by atoms with Crippen LogP contribution in [0.3, 0.4) is 0 Å². The molecule has 0 N–H and O–H groups in total. The summed E-state index contributed by atoms with van der Waals surface area (Å²) in [5.41, 5.74) is 13.0. The number of para-hydroxylation sites is 4. The highest BCUT2D eigenvalue weighted by Gasteiger charge is 2.23. The minimum atomic E-state index is 0.872. The van der Waals surface area contributed by atoms with Gasteiger partial charge in [0.05, 0.1) is 16.7 Å². The number of anilines is 3. The van der Waals surface area contributed by atoms with E-state index >= 15 is 0 Å². The summed E-state index contributed by atoms with van der Waals surface area (Å²) in [4.78, 5) is 2.36. The molecule has 4 heteroatoms. The van der Waals surface area contributed by atoms with Crippen LogP contribution in [-0.2, 0) is 0 Å². The molecule has 12 rings (SSSR count). The van der Waals surface area contributed by atoms with Crippen molar-refractivity contribution in [1.29, 1.82) is 0 Å². The van der Waals surface area contributed by atoms with Crippen molar-refractivity contribution in [3.05, 3.63) is 206 Å². The van der Waals surface area contributed by atoms with Gasteiger partial charge in [0, 0.05) is 64.3 Å². The quantitative estimate of drug-likeness (QED) is 0.168. The summed E-state index contributed by atoms with van der Waals surface area (Å²) in [6, 6.07) is 74.3. The predicted molar refractivity (Wildman–Crippen MR) is 247 cm³/mol. The van der Waals surface area contributed by atoms with Crippen molar-refractivity contribution in [2.24, 2.45) is 0 Å². The van der Waals surface area contributed by atoms with E-state index < -0.39 is 0 Å². The fourth-order valence-electron chi connectivity index (χ4n) is 8.93. The number of aromatic nitrogens is 1. The molecule has 0 saturated heterocycles. The lowest BCUT2D eigenvalue weighted by Crippen LogP contribution is -2.11. The Morgan fingerprint density at radius 2 is 0.983 bits per heavy atom. The summed E-state index contributed by atoms with van der Waals surface area (Å²) >= 11 is 1.85. The van der Waals surface area contributed by atoms with Gasteiger partial charge in [0.25, 0.3) is 0 Å². The summed E-state index contributed by atoms with van der Waals surface area (Å²) in [5.74, 6) is 0. The Bertz CT molecular complexity index is 3450. The van der Waals surface area contributed by atoms with Crippen LogP contribution in [0.4, 0.5) is 17.1 Å². The number of hydrogen-bond acceptors (Lipinski definition) is 3. The van der Waals surface area contributed by atoms with Crippen molar-refractivity contribution in [3.63, 3.8) is 0 Å². The van der Waals surface area contributed by atoms with Crippen molar-refractivity contribution >= 4 is 92.3 Å². The van der Waals surface area contributed by atoms with Gasteiger partial charge in [-0.2, -0.15) is 0 Å². The van der Waals surface area contributed by atoms with Crippen LogP contribution in [0.15, 0.2) is 211 Å². The van der Waals surface area contributed by atoms with E-state index in [0.29, 0.717) is 0 Å². The van der Waals surface area contributed by atoms with E-state index in [1.165, 1.54) is 53.1 Å². The lowest BCUT2D eigenvalue weighted by molar-refractivity contribution is 0.670. The van der Waals surface area contributed by atoms with E-state index in [1.54, 1.807) is 0 Å². The molecule has 12 aromatic rings. The first-order valence-corrected chi connectivity index (χ1v) is 20.5. The normalized spacial score (nSPS) is 11.8. The smallest absolute Gasteiger partial charge is 0.145 e. The first kappa shape index (κ1) is 32.8. The van der Waals surface area contributed by atoms with Gasteiger partial charge in [-0.15, -0.1) is 11.3 Å². The number of rotatable bonds is 6. The molecule has 3 nitrogen and oxygen atoms in total. The maximum Gasteiger partial charge on any atom is 0.145 e. The number of nitrogens with zero attached hydrogens (tertiary/aromatic N) is 2. The van der Waals surface area contributed by atoms with E-state index in [1.807, 2.05) is 17.4 Å². The van der Waals surface area contributed by atoms with Crippen molar-refractivity contribution in [3.8, 4) is 27.9 Å². The van der Waals surface area contributed by atoms with Crippen LogP contribution in [0.2, 0.25) is 0 Å². The fraction of sp³-hybridized carbons (Fsp3) is 0. The zero-order valence-electron chi connectivity index (χ0n) is 31.3. The second-order valence-electron chi connectivity index (χ2n) is 14.9.